The second-order valence-electron chi connectivity index (χ2n) is 6.02. The van der Waals surface area contributed by atoms with Crippen LogP contribution in [0, 0.1) is 0 Å². The molecule has 2 aliphatic rings. The van der Waals surface area contributed by atoms with E-state index in [1.165, 1.54) is 12.8 Å². The molecule has 0 saturated heterocycles. The van der Waals surface area contributed by atoms with Crippen LogP contribution in [0.5, 0.6) is 0 Å². The molecule has 2 rings (SSSR count). The van der Waals surface area contributed by atoms with Crippen LogP contribution < -0.4 is 0 Å². The molecule has 0 radical (unpaired) electrons. The van der Waals surface area contributed by atoms with E-state index >= 15 is 0 Å². The molecule has 0 aromatic rings. The Hall–Kier alpha value is -0.456. The van der Waals surface area contributed by atoms with Gasteiger partial charge in [0.1, 0.15) is 0 Å². The van der Waals surface area contributed by atoms with E-state index < -0.39 is 14.8 Å². The molecule has 0 aromatic heterocycles. The molecule has 0 aromatic carbocycles. The summed E-state index contributed by atoms with van der Waals surface area (Å²) in [6, 6.07) is 0. The van der Waals surface area contributed by atoms with Gasteiger partial charge in [0.05, 0.1) is 0 Å². The maximum absolute atomic E-state index is 2.71. The molecular formula is C15H22Ti. The van der Waals surface area contributed by atoms with Crippen molar-refractivity contribution in [1.29, 1.82) is 0 Å². The Morgan fingerprint density at radius 3 is 1.62 bits per heavy atom. The summed E-state index contributed by atoms with van der Waals surface area (Å²) in [5, 5.41) is 5.15. The first-order valence-corrected chi connectivity index (χ1v) is 11.6. The van der Waals surface area contributed by atoms with Gasteiger partial charge in [0, 0.05) is 0 Å². The van der Waals surface area contributed by atoms with E-state index in [-0.39, 0.29) is 0 Å². The van der Waals surface area contributed by atoms with Crippen LogP contribution in [0.2, 0.25) is 10.5 Å². The van der Waals surface area contributed by atoms with Crippen LogP contribution in [0.4, 0.5) is 0 Å². The fraction of sp³-hybridized carbons (Fsp3) is 0.400. The second-order valence-corrected chi connectivity index (χ2v) is 17.0. The van der Waals surface area contributed by atoms with Crippen molar-refractivity contribution in [3.63, 3.8) is 0 Å². The van der Waals surface area contributed by atoms with Crippen molar-refractivity contribution in [1.82, 2.24) is 0 Å². The van der Waals surface area contributed by atoms with Crippen LogP contribution >= 0.6 is 0 Å². The number of rotatable bonds is 2. The predicted octanol–water partition coefficient (Wildman–Crippen LogP) is 4.67. The molecule has 0 N–H and O–H groups in total. The van der Waals surface area contributed by atoms with Gasteiger partial charge >= 0.3 is 100 Å². The summed E-state index contributed by atoms with van der Waals surface area (Å²) in [6.45, 7) is 4.69. The van der Waals surface area contributed by atoms with E-state index in [0.29, 0.717) is 0 Å². The molecule has 0 heterocycles. The van der Waals surface area contributed by atoms with Crippen molar-refractivity contribution in [3.05, 3.63) is 44.2 Å². The average molecular weight is 250 g/mol. The molecule has 0 atom stereocenters. The van der Waals surface area contributed by atoms with Crippen molar-refractivity contribution >= 4 is 3.81 Å². The van der Waals surface area contributed by atoms with E-state index in [1.807, 2.05) is 0 Å². The fourth-order valence-electron chi connectivity index (χ4n) is 2.86. The van der Waals surface area contributed by atoms with Crippen LogP contribution in [-0.4, -0.2) is 3.81 Å². The summed E-state index contributed by atoms with van der Waals surface area (Å²) in [7, 11) is 0. The van der Waals surface area contributed by atoms with Gasteiger partial charge in [-0.1, -0.05) is 0 Å². The summed E-state index contributed by atoms with van der Waals surface area (Å²) < 4.78 is 5.10. The first kappa shape index (κ1) is 12.0. The SMILES string of the molecule is C[C](C)=[Ti]([CH3])([CH3])([C]1=CC=CC1)[C]1=CC=CC1. The van der Waals surface area contributed by atoms with Gasteiger partial charge in [0.15, 0.2) is 0 Å². The number of allylic oxidation sites excluding steroid dienone is 8. The van der Waals surface area contributed by atoms with Gasteiger partial charge in [-0.3, -0.25) is 0 Å². The predicted molar refractivity (Wildman–Crippen MR) is 71.8 cm³/mol. The Bertz CT molecular complexity index is 462. The van der Waals surface area contributed by atoms with Gasteiger partial charge in [0.25, 0.3) is 0 Å². The van der Waals surface area contributed by atoms with E-state index in [4.69, 9.17) is 0 Å². The molecule has 2 aliphatic carbocycles. The summed E-state index contributed by atoms with van der Waals surface area (Å²) in [4.78, 5) is 0. The fourth-order valence-corrected chi connectivity index (χ4v) is 9.65. The van der Waals surface area contributed by atoms with Crippen molar-refractivity contribution in [2.75, 3.05) is 0 Å². The van der Waals surface area contributed by atoms with Crippen LogP contribution in [-0.2, 0) is 14.8 Å². The van der Waals surface area contributed by atoms with Crippen LogP contribution in [0.1, 0.15) is 26.7 Å². The third kappa shape index (κ3) is 1.51. The molecule has 1 heteroatoms. The van der Waals surface area contributed by atoms with Gasteiger partial charge in [-0.25, -0.2) is 0 Å². The Balaban J connectivity index is 2.65. The first-order valence-electron chi connectivity index (χ1n) is 6.18. The average Bonchev–Trinajstić information content (AvgIpc) is 2.92. The Morgan fingerprint density at radius 1 is 0.938 bits per heavy atom. The molecule has 0 aliphatic heterocycles. The Labute approximate surface area is 99.8 Å². The van der Waals surface area contributed by atoms with E-state index in [0.717, 1.165) is 0 Å². The topological polar surface area (TPSA) is 0 Å². The minimum atomic E-state index is -2.71. The van der Waals surface area contributed by atoms with Crippen molar-refractivity contribution in [2.45, 2.75) is 37.1 Å². The van der Waals surface area contributed by atoms with Gasteiger partial charge < -0.3 is 0 Å². The summed E-state index contributed by atoms with van der Waals surface area (Å²) >= 11 is -2.71. The van der Waals surface area contributed by atoms with Gasteiger partial charge in [-0.05, 0) is 0 Å². The Kier molecular flexibility index (Phi) is 2.84. The molecule has 0 amide bonds. The maximum atomic E-state index is 2.57. The van der Waals surface area contributed by atoms with Crippen LogP contribution in [0.15, 0.2) is 44.2 Å². The zero-order valence-corrected chi connectivity index (χ0v) is 12.4. The number of hydrogen-bond donors (Lipinski definition) is 0. The van der Waals surface area contributed by atoms with Crippen LogP contribution in [0.3, 0.4) is 0 Å². The van der Waals surface area contributed by atoms with E-state index in [2.05, 4.69) is 60.8 Å². The monoisotopic (exact) mass is 250 g/mol. The van der Waals surface area contributed by atoms with E-state index in [9.17, 15) is 0 Å². The summed E-state index contributed by atoms with van der Waals surface area (Å²) in [5.41, 5.74) is 0. The number of hydrogen-bond acceptors (Lipinski definition) is 0. The summed E-state index contributed by atoms with van der Waals surface area (Å²) in [6.07, 6.45) is 16.2. The zero-order chi connectivity index (χ0) is 11.8. The molecule has 0 bridgehead atoms. The quantitative estimate of drug-likeness (QED) is 0.624. The van der Waals surface area contributed by atoms with Gasteiger partial charge in [-0.2, -0.15) is 0 Å². The standard InChI is InChI=1S/2C5H5.C3H6.2CH3.Ti/c2*1-2-4-5-3-1;1-3-2;;;/h2*1-3H,4H2;1-2H3;2*1H3;. The minimum absolute atomic E-state index is 1.17. The molecule has 86 valence electrons. The van der Waals surface area contributed by atoms with Crippen molar-refractivity contribution in [2.24, 2.45) is 0 Å². The molecule has 0 nitrogen and oxygen atoms in total. The second kappa shape index (κ2) is 3.79. The molecule has 0 spiro atoms. The third-order valence-corrected chi connectivity index (χ3v) is 16.8. The van der Waals surface area contributed by atoms with Gasteiger partial charge in [-0.15, -0.1) is 0 Å². The molecule has 16 heavy (non-hydrogen) atoms. The Morgan fingerprint density at radius 2 is 1.38 bits per heavy atom. The zero-order valence-electron chi connectivity index (χ0n) is 10.9. The molecule has 0 fully saturated rings. The molecule has 0 saturated carbocycles. The molecule has 0 unspecified atom stereocenters. The van der Waals surface area contributed by atoms with Crippen molar-refractivity contribution in [3.8, 4) is 0 Å². The van der Waals surface area contributed by atoms with Crippen LogP contribution in [0.25, 0.3) is 0 Å². The summed E-state index contributed by atoms with van der Waals surface area (Å²) in [5.74, 6) is 0. The third-order valence-electron chi connectivity index (χ3n) is 4.97. The van der Waals surface area contributed by atoms with Gasteiger partial charge in [0.2, 0.25) is 0 Å². The first-order chi connectivity index (χ1) is 7.46. The van der Waals surface area contributed by atoms with E-state index in [1.54, 1.807) is 11.6 Å². The normalized spacial score (nSPS) is 20.1. The molecular weight excluding hydrogens is 228 g/mol. The van der Waals surface area contributed by atoms with Crippen molar-refractivity contribution < 1.29 is 14.8 Å².